The Balaban J connectivity index is 1.73. The van der Waals surface area contributed by atoms with Crippen LogP contribution in [0.15, 0.2) is 58.1 Å². The van der Waals surface area contributed by atoms with Crippen LogP contribution in [-0.4, -0.2) is 29.7 Å². The molecule has 0 aliphatic carbocycles. The molecule has 0 fully saturated rings. The second-order valence-corrected chi connectivity index (χ2v) is 8.60. The maximum absolute atomic E-state index is 14.0. The Morgan fingerprint density at radius 1 is 1.03 bits per heavy atom. The molecule has 0 radical (unpaired) electrons. The first-order valence-electron chi connectivity index (χ1n) is 11.6. The molecule has 0 aliphatic heterocycles. The van der Waals surface area contributed by atoms with Crippen molar-refractivity contribution in [3.63, 3.8) is 0 Å². The van der Waals surface area contributed by atoms with Crippen molar-refractivity contribution in [1.82, 2.24) is 29.7 Å². The average Bonchev–Trinajstić information content (AvgIpc) is 3.28. The molecule has 3 aromatic heterocycles. The van der Waals surface area contributed by atoms with Crippen LogP contribution in [0.4, 0.5) is 11.6 Å². The van der Waals surface area contributed by atoms with Crippen molar-refractivity contribution in [3.05, 3.63) is 81.9 Å². The van der Waals surface area contributed by atoms with Gasteiger partial charge in [-0.25, -0.2) is 15.0 Å². The van der Waals surface area contributed by atoms with E-state index >= 15 is 0 Å². The Kier molecular flexibility index (Phi) is 5.93. The first kappa shape index (κ1) is 23.2. The largest absolute Gasteiger partial charge is 0.383 e. The van der Waals surface area contributed by atoms with Gasteiger partial charge < -0.3 is 15.6 Å². The number of anilines is 2. The molecule has 0 unspecified atom stereocenters. The van der Waals surface area contributed by atoms with Gasteiger partial charge in [-0.05, 0) is 50.5 Å². The van der Waals surface area contributed by atoms with E-state index in [0.717, 1.165) is 16.8 Å². The lowest BCUT2D eigenvalue weighted by Crippen LogP contribution is -2.29. The predicted octanol–water partition coefficient (Wildman–Crippen LogP) is 4.30. The molecule has 10 nitrogen and oxygen atoms in total. The molecule has 0 bridgehead atoms. The van der Waals surface area contributed by atoms with Crippen molar-refractivity contribution in [2.24, 2.45) is 0 Å². The van der Waals surface area contributed by atoms with Crippen molar-refractivity contribution < 1.29 is 4.52 Å². The molecule has 3 heterocycles. The zero-order chi connectivity index (χ0) is 25.4. The molecule has 10 heteroatoms. The van der Waals surface area contributed by atoms with Crippen LogP contribution in [0.3, 0.4) is 0 Å². The van der Waals surface area contributed by atoms with Crippen LogP contribution < -0.4 is 16.6 Å². The molecule has 0 aliphatic rings. The summed E-state index contributed by atoms with van der Waals surface area (Å²) in [4.78, 5) is 31.8. The number of para-hydroxylation sites is 1. The first-order valence-corrected chi connectivity index (χ1v) is 11.6. The van der Waals surface area contributed by atoms with Crippen LogP contribution in [0.25, 0.3) is 28.0 Å². The molecule has 1 atom stereocenters. The standard InChI is InChI=1S/C26H26N8O2/c1-5-17(31-23-21(22(27)28-13-29-23)25-30-16(4)33-36-25)24-32-18-11-8-10-15(3)20(18)26(35)34(24)19-12-7-6-9-14(19)2/h6-13,17H,5H2,1-4H3,(H3,27,28,29,31)/t17-/m0/s1. The Morgan fingerprint density at radius 2 is 1.81 bits per heavy atom. The molecule has 3 N–H and O–H groups in total. The molecule has 5 aromatic rings. The fraction of sp³-hybridized carbons (Fsp3) is 0.231. The number of rotatable bonds is 6. The summed E-state index contributed by atoms with van der Waals surface area (Å²) < 4.78 is 7.05. The van der Waals surface area contributed by atoms with E-state index in [9.17, 15) is 4.79 Å². The van der Waals surface area contributed by atoms with Crippen molar-refractivity contribution in [3.8, 4) is 17.1 Å². The van der Waals surface area contributed by atoms with Crippen LogP contribution in [-0.2, 0) is 0 Å². The minimum atomic E-state index is -0.403. The third-order valence-corrected chi connectivity index (χ3v) is 6.14. The summed E-state index contributed by atoms with van der Waals surface area (Å²) in [5, 5.41) is 7.88. The van der Waals surface area contributed by atoms with Crippen molar-refractivity contribution in [1.29, 1.82) is 0 Å². The van der Waals surface area contributed by atoms with Gasteiger partial charge in [0.2, 0.25) is 0 Å². The summed E-state index contributed by atoms with van der Waals surface area (Å²) >= 11 is 0. The normalized spacial score (nSPS) is 12.1. The van der Waals surface area contributed by atoms with Gasteiger partial charge in [0.25, 0.3) is 11.4 Å². The third-order valence-electron chi connectivity index (χ3n) is 6.14. The summed E-state index contributed by atoms with van der Waals surface area (Å²) in [5.41, 5.74) is 9.69. The highest BCUT2D eigenvalue weighted by Gasteiger charge is 2.25. The van der Waals surface area contributed by atoms with Crippen LogP contribution in [0, 0.1) is 20.8 Å². The highest BCUT2D eigenvalue weighted by molar-refractivity contribution is 5.82. The van der Waals surface area contributed by atoms with Gasteiger partial charge >= 0.3 is 0 Å². The van der Waals surface area contributed by atoms with Gasteiger partial charge in [-0.1, -0.05) is 42.4 Å². The summed E-state index contributed by atoms with van der Waals surface area (Å²) in [6.07, 6.45) is 1.96. The molecule has 0 spiro atoms. The van der Waals surface area contributed by atoms with Gasteiger partial charge in [0, 0.05) is 0 Å². The predicted molar refractivity (Wildman–Crippen MR) is 138 cm³/mol. The minimum Gasteiger partial charge on any atom is -0.383 e. The molecule has 0 amide bonds. The van der Waals surface area contributed by atoms with E-state index in [4.69, 9.17) is 15.2 Å². The number of hydrogen-bond donors (Lipinski definition) is 2. The minimum absolute atomic E-state index is 0.127. The Hall–Kier alpha value is -4.60. The molecule has 5 rings (SSSR count). The monoisotopic (exact) mass is 482 g/mol. The SMILES string of the molecule is CC[C@H](Nc1ncnc(N)c1-c1nc(C)no1)c1nc2cccc(C)c2c(=O)n1-c1ccccc1C. The Labute approximate surface area is 207 Å². The van der Waals surface area contributed by atoms with Crippen LogP contribution in [0.5, 0.6) is 0 Å². The highest BCUT2D eigenvalue weighted by Crippen LogP contribution is 2.33. The fourth-order valence-electron chi connectivity index (χ4n) is 4.33. The number of aromatic nitrogens is 6. The lowest BCUT2D eigenvalue weighted by Gasteiger charge is -2.24. The van der Waals surface area contributed by atoms with E-state index in [0.29, 0.717) is 40.4 Å². The average molecular weight is 483 g/mol. The third kappa shape index (κ3) is 3.96. The quantitative estimate of drug-likeness (QED) is 0.363. The second kappa shape index (κ2) is 9.21. The maximum Gasteiger partial charge on any atom is 0.266 e. The summed E-state index contributed by atoms with van der Waals surface area (Å²) in [6, 6.07) is 13.0. The van der Waals surface area contributed by atoms with Gasteiger partial charge in [0.1, 0.15) is 29.4 Å². The number of benzene rings is 2. The molecule has 36 heavy (non-hydrogen) atoms. The number of nitrogens with two attached hydrogens (primary N) is 1. The summed E-state index contributed by atoms with van der Waals surface area (Å²) in [5.74, 6) is 1.84. The van der Waals surface area contributed by atoms with Crippen molar-refractivity contribution in [2.45, 2.75) is 40.2 Å². The van der Waals surface area contributed by atoms with E-state index in [2.05, 4.69) is 25.4 Å². The van der Waals surface area contributed by atoms with Crippen molar-refractivity contribution in [2.75, 3.05) is 11.1 Å². The summed E-state index contributed by atoms with van der Waals surface area (Å²) in [6.45, 7) is 7.62. The lowest BCUT2D eigenvalue weighted by molar-refractivity contribution is 0.425. The van der Waals surface area contributed by atoms with Gasteiger partial charge in [0.15, 0.2) is 5.82 Å². The smallest absolute Gasteiger partial charge is 0.266 e. The van der Waals surface area contributed by atoms with E-state index in [1.54, 1.807) is 11.5 Å². The van der Waals surface area contributed by atoms with Crippen LogP contribution >= 0.6 is 0 Å². The van der Waals surface area contributed by atoms with E-state index in [-0.39, 0.29) is 17.3 Å². The van der Waals surface area contributed by atoms with Crippen LogP contribution in [0.2, 0.25) is 0 Å². The molecular formula is C26H26N8O2. The first-order chi connectivity index (χ1) is 17.4. The lowest BCUT2D eigenvalue weighted by atomic mass is 10.1. The number of aryl methyl sites for hydroxylation is 3. The van der Waals surface area contributed by atoms with Crippen LogP contribution in [0.1, 0.15) is 42.2 Å². The van der Waals surface area contributed by atoms with E-state index < -0.39 is 6.04 Å². The number of nitrogens with one attached hydrogen (secondary N) is 1. The zero-order valence-electron chi connectivity index (χ0n) is 20.5. The van der Waals surface area contributed by atoms with Gasteiger partial charge in [-0.2, -0.15) is 4.98 Å². The molecule has 0 saturated carbocycles. The van der Waals surface area contributed by atoms with Crippen molar-refractivity contribution >= 4 is 22.5 Å². The zero-order valence-corrected chi connectivity index (χ0v) is 20.5. The van der Waals surface area contributed by atoms with E-state index in [1.165, 1.54) is 6.33 Å². The summed E-state index contributed by atoms with van der Waals surface area (Å²) in [7, 11) is 0. The highest BCUT2D eigenvalue weighted by atomic mass is 16.5. The Morgan fingerprint density at radius 3 is 2.53 bits per heavy atom. The van der Waals surface area contributed by atoms with Gasteiger partial charge in [0.05, 0.1) is 22.6 Å². The van der Waals surface area contributed by atoms with Gasteiger partial charge in [-0.15, -0.1) is 0 Å². The molecule has 2 aromatic carbocycles. The number of nitrogen functional groups attached to an aromatic ring is 1. The molecular weight excluding hydrogens is 456 g/mol. The fourth-order valence-corrected chi connectivity index (χ4v) is 4.33. The topological polar surface area (TPSA) is 138 Å². The number of hydrogen-bond acceptors (Lipinski definition) is 9. The Bertz CT molecular complexity index is 1640. The molecule has 182 valence electrons. The molecule has 0 saturated heterocycles. The van der Waals surface area contributed by atoms with Gasteiger partial charge in [-0.3, -0.25) is 9.36 Å². The second-order valence-electron chi connectivity index (χ2n) is 8.60. The number of fused-ring (bicyclic) bond motifs is 1. The maximum atomic E-state index is 14.0. The van der Waals surface area contributed by atoms with E-state index in [1.807, 2.05) is 63.2 Å². The number of nitrogens with zero attached hydrogens (tertiary/aromatic N) is 6.